The summed E-state index contributed by atoms with van der Waals surface area (Å²) in [5.41, 5.74) is 0.846. The van der Waals surface area contributed by atoms with Gasteiger partial charge in [0.15, 0.2) is 0 Å². The van der Waals surface area contributed by atoms with Gasteiger partial charge < -0.3 is 5.32 Å². The number of pyridine rings is 1. The lowest BCUT2D eigenvalue weighted by molar-refractivity contribution is -0.122. The molecular formula is C13H15N3O3S2. The van der Waals surface area contributed by atoms with E-state index >= 15 is 0 Å². The predicted octanol–water partition coefficient (Wildman–Crippen LogP) is 1.13. The second-order valence-electron chi connectivity index (χ2n) is 4.35. The molecule has 0 aliphatic rings. The van der Waals surface area contributed by atoms with Crippen molar-refractivity contribution in [2.75, 3.05) is 0 Å². The van der Waals surface area contributed by atoms with Crippen LogP contribution in [0.15, 0.2) is 46.2 Å². The van der Waals surface area contributed by atoms with E-state index in [1.165, 1.54) is 13.0 Å². The van der Waals surface area contributed by atoms with Crippen LogP contribution in [-0.2, 0) is 21.4 Å². The minimum Gasteiger partial charge on any atom is -0.351 e. The number of carbonyl (C=O) groups is 1. The molecule has 0 aliphatic heterocycles. The number of carbonyl (C=O) groups excluding carboxylic acids is 1. The highest BCUT2D eigenvalue weighted by Crippen LogP contribution is 2.15. The highest BCUT2D eigenvalue weighted by molar-refractivity contribution is 7.91. The van der Waals surface area contributed by atoms with E-state index in [-0.39, 0.29) is 10.1 Å². The van der Waals surface area contributed by atoms with Crippen molar-refractivity contribution in [1.82, 2.24) is 15.0 Å². The van der Waals surface area contributed by atoms with E-state index < -0.39 is 16.1 Å². The second-order valence-corrected chi connectivity index (χ2v) is 7.24. The molecule has 21 heavy (non-hydrogen) atoms. The Morgan fingerprint density at radius 1 is 1.38 bits per heavy atom. The van der Waals surface area contributed by atoms with Gasteiger partial charge in [-0.2, -0.15) is 4.72 Å². The molecule has 0 unspecified atom stereocenters. The Balaban J connectivity index is 1.91. The van der Waals surface area contributed by atoms with Crippen molar-refractivity contribution >= 4 is 27.3 Å². The summed E-state index contributed by atoms with van der Waals surface area (Å²) in [6.45, 7) is 1.81. The summed E-state index contributed by atoms with van der Waals surface area (Å²) in [4.78, 5) is 15.8. The fraction of sp³-hybridized carbons (Fsp3) is 0.231. The Bertz CT molecular complexity index is 685. The van der Waals surface area contributed by atoms with E-state index in [0.29, 0.717) is 6.54 Å². The first-order valence-electron chi connectivity index (χ1n) is 6.21. The molecule has 6 nitrogen and oxygen atoms in total. The molecule has 0 radical (unpaired) electrons. The quantitative estimate of drug-likeness (QED) is 0.833. The van der Waals surface area contributed by atoms with Crippen LogP contribution in [0, 0.1) is 0 Å². The summed E-state index contributed by atoms with van der Waals surface area (Å²) in [5, 5.41) is 4.33. The summed E-state index contributed by atoms with van der Waals surface area (Å²) in [5.74, 6) is -0.390. The third-order valence-electron chi connectivity index (χ3n) is 2.67. The van der Waals surface area contributed by atoms with Gasteiger partial charge in [-0.3, -0.25) is 9.78 Å². The third-order valence-corrected chi connectivity index (χ3v) is 5.61. The average molecular weight is 325 g/mol. The van der Waals surface area contributed by atoms with Gasteiger partial charge in [-0.15, -0.1) is 11.3 Å². The molecule has 0 aromatic carbocycles. The molecule has 1 amide bonds. The number of sulfonamides is 1. The van der Waals surface area contributed by atoms with E-state index in [1.54, 1.807) is 29.9 Å². The first-order chi connectivity index (χ1) is 9.99. The van der Waals surface area contributed by atoms with Crippen molar-refractivity contribution in [3.8, 4) is 0 Å². The molecule has 0 saturated heterocycles. The van der Waals surface area contributed by atoms with E-state index in [9.17, 15) is 13.2 Å². The summed E-state index contributed by atoms with van der Waals surface area (Å²) in [7, 11) is -3.65. The van der Waals surface area contributed by atoms with Gasteiger partial charge in [-0.1, -0.05) is 12.1 Å². The predicted molar refractivity (Wildman–Crippen MR) is 80.2 cm³/mol. The van der Waals surface area contributed by atoms with Gasteiger partial charge in [0.25, 0.3) is 10.0 Å². The van der Waals surface area contributed by atoms with Crippen LogP contribution in [0.1, 0.15) is 12.5 Å². The first-order valence-corrected chi connectivity index (χ1v) is 8.58. The van der Waals surface area contributed by atoms with Crippen LogP contribution in [0.2, 0.25) is 0 Å². The Labute approximate surface area is 127 Å². The third kappa shape index (κ3) is 4.35. The number of rotatable bonds is 6. The molecule has 0 saturated carbocycles. The van der Waals surface area contributed by atoms with Crippen molar-refractivity contribution in [3.63, 3.8) is 0 Å². The minimum atomic E-state index is -3.65. The Morgan fingerprint density at radius 3 is 2.81 bits per heavy atom. The highest BCUT2D eigenvalue weighted by atomic mass is 32.2. The summed E-state index contributed by atoms with van der Waals surface area (Å²) < 4.78 is 26.5. The lowest BCUT2D eigenvalue weighted by Crippen LogP contribution is -2.44. The minimum absolute atomic E-state index is 0.189. The summed E-state index contributed by atoms with van der Waals surface area (Å²) in [6.07, 6.45) is 3.28. The van der Waals surface area contributed by atoms with Crippen LogP contribution in [0.25, 0.3) is 0 Å². The van der Waals surface area contributed by atoms with Gasteiger partial charge >= 0.3 is 0 Å². The molecule has 2 aromatic rings. The van der Waals surface area contributed by atoms with Crippen LogP contribution in [-0.4, -0.2) is 25.4 Å². The number of nitrogens with one attached hydrogen (secondary N) is 2. The first kappa shape index (κ1) is 15.6. The van der Waals surface area contributed by atoms with Gasteiger partial charge in [-0.05, 0) is 30.0 Å². The highest BCUT2D eigenvalue weighted by Gasteiger charge is 2.22. The van der Waals surface area contributed by atoms with Gasteiger partial charge in [-0.25, -0.2) is 8.42 Å². The van der Waals surface area contributed by atoms with Crippen LogP contribution < -0.4 is 10.0 Å². The Hall–Kier alpha value is -1.77. The molecule has 0 fully saturated rings. The standard InChI is InChI=1S/C13H15N3O3S2/c1-10(16-21(18,19)12-5-3-7-20-12)13(17)15-9-11-4-2-6-14-8-11/h2-8,10,16H,9H2,1H3,(H,15,17)/t10-/m1/s1. The topological polar surface area (TPSA) is 88.2 Å². The van der Waals surface area contributed by atoms with E-state index in [0.717, 1.165) is 16.9 Å². The number of hydrogen-bond donors (Lipinski definition) is 2. The number of amides is 1. The average Bonchev–Trinajstić information content (AvgIpc) is 3.00. The number of aromatic nitrogens is 1. The molecule has 0 spiro atoms. The zero-order valence-electron chi connectivity index (χ0n) is 11.3. The van der Waals surface area contributed by atoms with E-state index in [1.807, 2.05) is 6.07 Å². The Kier molecular flexibility index (Phi) is 5.05. The molecule has 2 rings (SSSR count). The van der Waals surface area contributed by atoms with Crippen LogP contribution in [0.4, 0.5) is 0 Å². The lowest BCUT2D eigenvalue weighted by atomic mass is 10.2. The van der Waals surface area contributed by atoms with Crippen molar-refractivity contribution in [1.29, 1.82) is 0 Å². The molecule has 112 valence electrons. The van der Waals surface area contributed by atoms with Gasteiger partial charge in [0.1, 0.15) is 4.21 Å². The molecule has 8 heteroatoms. The van der Waals surface area contributed by atoms with Gasteiger partial charge in [0.2, 0.25) is 5.91 Å². The van der Waals surface area contributed by atoms with Crippen molar-refractivity contribution in [2.45, 2.75) is 23.7 Å². The smallest absolute Gasteiger partial charge is 0.250 e. The second kappa shape index (κ2) is 6.79. The van der Waals surface area contributed by atoms with Crippen molar-refractivity contribution in [2.24, 2.45) is 0 Å². The normalized spacial score (nSPS) is 12.8. The van der Waals surface area contributed by atoms with Gasteiger partial charge in [0.05, 0.1) is 6.04 Å². The molecule has 2 heterocycles. The maximum absolute atomic E-state index is 12.0. The lowest BCUT2D eigenvalue weighted by Gasteiger charge is -2.13. The fourth-order valence-electron chi connectivity index (χ4n) is 1.61. The molecule has 0 aliphatic carbocycles. The number of nitrogens with zero attached hydrogens (tertiary/aromatic N) is 1. The molecule has 1 atom stereocenters. The monoisotopic (exact) mass is 325 g/mol. The molecule has 2 N–H and O–H groups in total. The number of hydrogen-bond acceptors (Lipinski definition) is 5. The number of thiophene rings is 1. The maximum Gasteiger partial charge on any atom is 0.250 e. The van der Waals surface area contributed by atoms with Crippen molar-refractivity contribution in [3.05, 3.63) is 47.6 Å². The zero-order valence-corrected chi connectivity index (χ0v) is 12.9. The van der Waals surface area contributed by atoms with E-state index in [4.69, 9.17) is 0 Å². The maximum atomic E-state index is 12.0. The SMILES string of the molecule is C[C@@H](NS(=O)(=O)c1cccs1)C(=O)NCc1cccnc1. The van der Waals surface area contributed by atoms with Gasteiger partial charge in [0, 0.05) is 18.9 Å². The zero-order chi connectivity index (χ0) is 15.3. The van der Waals surface area contributed by atoms with Crippen LogP contribution in [0.3, 0.4) is 0 Å². The van der Waals surface area contributed by atoms with E-state index in [2.05, 4.69) is 15.0 Å². The fourth-order valence-corrected chi connectivity index (χ4v) is 3.82. The van der Waals surface area contributed by atoms with Crippen LogP contribution >= 0.6 is 11.3 Å². The summed E-state index contributed by atoms with van der Waals surface area (Å²) in [6, 6.07) is 5.88. The Morgan fingerprint density at radius 2 is 2.19 bits per heavy atom. The van der Waals surface area contributed by atoms with Crippen LogP contribution in [0.5, 0.6) is 0 Å². The molecule has 0 bridgehead atoms. The summed E-state index contributed by atoms with van der Waals surface area (Å²) >= 11 is 1.10. The molecular weight excluding hydrogens is 310 g/mol. The van der Waals surface area contributed by atoms with Crippen molar-refractivity contribution < 1.29 is 13.2 Å². The molecule has 2 aromatic heterocycles. The largest absolute Gasteiger partial charge is 0.351 e.